The van der Waals surface area contributed by atoms with Crippen LogP contribution >= 0.6 is 0 Å². The summed E-state index contributed by atoms with van der Waals surface area (Å²) in [5, 5.41) is 12.7. The minimum atomic E-state index is -2.83. The van der Waals surface area contributed by atoms with Crippen LogP contribution in [0.3, 0.4) is 0 Å². The molecule has 0 amide bonds. The number of alkyl halides is 2. The largest absolute Gasteiger partial charge is 0.478 e. The van der Waals surface area contributed by atoms with Gasteiger partial charge in [-0.3, -0.25) is 9.20 Å². The fourth-order valence-corrected chi connectivity index (χ4v) is 4.06. The van der Waals surface area contributed by atoms with Gasteiger partial charge < -0.3 is 15.3 Å². The van der Waals surface area contributed by atoms with E-state index in [2.05, 4.69) is 10.3 Å². The Kier molecular flexibility index (Phi) is 5.15. The summed E-state index contributed by atoms with van der Waals surface area (Å²) >= 11 is 0. The second-order valence-electron chi connectivity index (χ2n) is 8.31. The van der Waals surface area contributed by atoms with Gasteiger partial charge in [-0.25, -0.2) is 18.6 Å². The highest BCUT2D eigenvalue weighted by atomic mass is 19.3. The van der Waals surface area contributed by atoms with Crippen LogP contribution in [0.15, 0.2) is 41.3 Å². The summed E-state index contributed by atoms with van der Waals surface area (Å²) in [5.74, 6) is -3.64. The molecule has 9 heteroatoms. The van der Waals surface area contributed by atoms with E-state index in [4.69, 9.17) is 0 Å². The average molecular weight is 442 g/mol. The maximum atomic E-state index is 13.8. The highest BCUT2D eigenvalue weighted by Crippen LogP contribution is 2.38. The number of halogens is 2. The molecule has 32 heavy (non-hydrogen) atoms. The Bertz CT molecular complexity index is 1290. The van der Waals surface area contributed by atoms with Crippen LogP contribution in [0.2, 0.25) is 0 Å². The van der Waals surface area contributed by atoms with Gasteiger partial charge in [-0.15, -0.1) is 0 Å². The van der Waals surface area contributed by atoms with E-state index in [9.17, 15) is 23.5 Å². The molecule has 1 unspecified atom stereocenters. The van der Waals surface area contributed by atoms with E-state index in [1.165, 1.54) is 22.3 Å². The van der Waals surface area contributed by atoms with Crippen LogP contribution in [-0.4, -0.2) is 39.0 Å². The molecule has 1 aliphatic heterocycles. The Morgan fingerprint density at radius 3 is 2.62 bits per heavy atom. The highest BCUT2D eigenvalue weighted by molar-refractivity contribution is 5.94. The molecule has 1 aromatic carbocycles. The third-order valence-corrected chi connectivity index (χ3v) is 6.02. The van der Waals surface area contributed by atoms with Crippen molar-refractivity contribution < 1.29 is 18.7 Å². The van der Waals surface area contributed by atoms with Gasteiger partial charge in [0.15, 0.2) is 0 Å². The number of nitrogens with one attached hydrogen (secondary N) is 1. The molecule has 168 valence electrons. The number of anilines is 2. The Hall–Kier alpha value is -3.49. The minimum absolute atomic E-state index is 0.120. The van der Waals surface area contributed by atoms with Crippen LogP contribution in [0.5, 0.6) is 0 Å². The summed E-state index contributed by atoms with van der Waals surface area (Å²) in [6.07, 6.45) is 1.66. The maximum Gasteiger partial charge on any atom is 0.337 e. The molecule has 2 atom stereocenters. The lowest BCUT2D eigenvalue weighted by Gasteiger charge is -2.47. The number of carbonyl (C=O) groups is 1. The van der Waals surface area contributed by atoms with Crippen molar-refractivity contribution in [1.29, 1.82) is 0 Å². The van der Waals surface area contributed by atoms with Crippen LogP contribution in [0.1, 0.15) is 46.9 Å². The highest BCUT2D eigenvalue weighted by Gasteiger charge is 2.53. The fraction of sp³-hybridized carbons (Fsp3) is 0.348. The molecule has 0 bridgehead atoms. The number of hydrogen-bond donors (Lipinski definition) is 2. The van der Waals surface area contributed by atoms with Gasteiger partial charge in [0.1, 0.15) is 11.5 Å². The monoisotopic (exact) mass is 442 g/mol. The van der Waals surface area contributed by atoms with Gasteiger partial charge in [0, 0.05) is 17.4 Å². The molecule has 1 saturated heterocycles. The molecule has 7 nitrogen and oxygen atoms in total. The summed E-state index contributed by atoms with van der Waals surface area (Å²) < 4.78 is 29.0. The molecule has 0 spiro atoms. The molecule has 4 rings (SSSR count). The summed E-state index contributed by atoms with van der Waals surface area (Å²) in [6, 6.07) is 6.92. The van der Waals surface area contributed by atoms with Crippen LogP contribution in [0, 0.1) is 13.8 Å². The van der Waals surface area contributed by atoms with Gasteiger partial charge >= 0.3 is 5.97 Å². The zero-order valence-electron chi connectivity index (χ0n) is 18.2. The third-order valence-electron chi connectivity index (χ3n) is 6.02. The Labute approximate surface area is 183 Å². The van der Waals surface area contributed by atoms with E-state index in [1.54, 1.807) is 31.3 Å². The number of hydrogen-bond acceptors (Lipinski definition) is 5. The number of carboxylic acid groups (broad SMARTS) is 1. The first-order valence-corrected chi connectivity index (χ1v) is 10.3. The smallest absolute Gasteiger partial charge is 0.337 e. The van der Waals surface area contributed by atoms with Crippen molar-refractivity contribution in [2.75, 3.05) is 16.8 Å². The molecule has 1 aliphatic rings. The normalized spacial score (nSPS) is 18.3. The lowest BCUT2D eigenvalue weighted by molar-refractivity contribution is -0.0644. The first-order chi connectivity index (χ1) is 15.0. The van der Waals surface area contributed by atoms with Crippen LogP contribution in [-0.2, 0) is 0 Å². The van der Waals surface area contributed by atoms with Crippen LogP contribution in [0.25, 0.3) is 5.65 Å². The topological polar surface area (TPSA) is 86.9 Å². The van der Waals surface area contributed by atoms with E-state index in [0.717, 1.165) is 5.56 Å². The Balaban J connectivity index is 1.83. The summed E-state index contributed by atoms with van der Waals surface area (Å²) in [6.45, 7) is 6.19. The number of aryl methyl sites for hydroxylation is 1. The van der Waals surface area contributed by atoms with Crippen molar-refractivity contribution in [3.8, 4) is 0 Å². The summed E-state index contributed by atoms with van der Waals surface area (Å²) in [7, 11) is 0. The number of aromatic nitrogens is 2. The summed E-state index contributed by atoms with van der Waals surface area (Å²) in [4.78, 5) is 30.7. The number of pyridine rings is 1. The molecule has 1 fully saturated rings. The van der Waals surface area contributed by atoms with E-state index >= 15 is 0 Å². The van der Waals surface area contributed by atoms with Gasteiger partial charge in [0.2, 0.25) is 0 Å². The third kappa shape index (κ3) is 3.47. The average Bonchev–Trinajstić information content (AvgIpc) is 2.74. The Morgan fingerprint density at radius 1 is 1.31 bits per heavy atom. The second-order valence-corrected chi connectivity index (χ2v) is 8.31. The van der Waals surface area contributed by atoms with Crippen molar-refractivity contribution in [2.45, 2.75) is 45.7 Å². The molecule has 3 heterocycles. The molecule has 3 aromatic rings. The van der Waals surface area contributed by atoms with Crippen molar-refractivity contribution in [3.63, 3.8) is 0 Å². The van der Waals surface area contributed by atoms with Gasteiger partial charge in [-0.05, 0) is 51.5 Å². The quantitative estimate of drug-likeness (QED) is 0.621. The first-order valence-electron chi connectivity index (χ1n) is 10.3. The molecular formula is C23H24F2N4O3. The predicted octanol–water partition coefficient (Wildman–Crippen LogP) is 4.03. The van der Waals surface area contributed by atoms with E-state index < -0.39 is 30.5 Å². The Morgan fingerprint density at radius 2 is 2.00 bits per heavy atom. The van der Waals surface area contributed by atoms with Gasteiger partial charge in [-0.1, -0.05) is 12.1 Å². The number of nitrogens with zero attached hydrogens (tertiary/aromatic N) is 3. The summed E-state index contributed by atoms with van der Waals surface area (Å²) in [5.41, 5.74) is 2.34. The minimum Gasteiger partial charge on any atom is -0.478 e. The lowest BCUT2D eigenvalue weighted by Crippen LogP contribution is -2.64. The number of fused-ring (bicyclic) bond motifs is 1. The zero-order chi connectivity index (χ0) is 23.4. The predicted molar refractivity (Wildman–Crippen MR) is 118 cm³/mol. The molecule has 0 radical (unpaired) electrons. The van der Waals surface area contributed by atoms with Gasteiger partial charge in [-0.2, -0.15) is 0 Å². The standard InChI is InChI=1S/C23H24F2N4O3/c1-12-9-17(14(3)26-18-8-6-5-7-16(18)22(31)32)20-27-19(13(2)21(30)28(20)10-12)29-11-23(24,25)15(29)4/h5-10,14-15,26H,11H2,1-4H3,(H,31,32)/t14?,15-/m1/s1. The molecule has 2 N–H and O–H groups in total. The lowest BCUT2D eigenvalue weighted by atomic mass is 9.99. The SMILES string of the molecule is Cc1cc(C(C)Nc2ccccc2C(=O)O)c2nc(N3CC(F)(F)[C@H]3C)c(C)c(=O)n2c1. The number of aromatic carboxylic acids is 1. The number of benzene rings is 1. The fourth-order valence-electron chi connectivity index (χ4n) is 4.06. The molecule has 0 aliphatic carbocycles. The second kappa shape index (κ2) is 7.58. The van der Waals surface area contributed by atoms with Crippen molar-refractivity contribution in [2.24, 2.45) is 0 Å². The van der Waals surface area contributed by atoms with E-state index in [1.807, 2.05) is 19.9 Å². The molecule has 2 aromatic heterocycles. The number of para-hydroxylation sites is 1. The number of rotatable bonds is 5. The zero-order valence-corrected chi connectivity index (χ0v) is 18.2. The van der Waals surface area contributed by atoms with Crippen LogP contribution in [0.4, 0.5) is 20.3 Å². The van der Waals surface area contributed by atoms with Crippen molar-refractivity contribution in [1.82, 2.24) is 9.38 Å². The molecular weight excluding hydrogens is 418 g/mol. The molecule has 0 saturated carbocycles. The van der Waals surface area contributed by atoms with Gasteiger partial charge in [0.25, 0.3) is 11.5 Å². The first kappa shape index (κ1) is 21.7. The van der Waals surface area contributed by atoms with Crippen molar-refractivity contribution >= 4 is 23.1 Å². The van der Waals surface area contributed by atoms with Gasteiger partial charge in [0.05, 0.1) is 29.8 Å². The van der Waals surface area contributed by atoms with E-state index in [0.29, 0.717) is 22.5 Å². The van der Waals surface area contributed by atoms with E-state index in [-0.39, 0.29) is 16.9 Å². The van der Waals surface area contributed by atoms with Crippen molar-refractivity contribution in [3.05, 3.63) is 69.1 Å². The maximum absolute atomic E-state index is 13.8. The van der Waals surface area contributed by atoms with Crippen LogP contribution < -0.4 is 15.8 Å². The number of carboxylic acids is 1.